The Morgan fingerprint density at radius 2 is 1.84 bits per heavy atom. The number of benzene rings is 1. The fraction of sp³-hybridized carbons (Fsp3) is 0.562. The van der Waals surface area contributed by atoms with Crippen molar-refractivity contribution in [2.24, 2.45) is 10.9 Å². The van der Waals surface area contributed by atoms with E-state index in [2.05, 4.69) is 48.3 Å². The van der Waals surface area contributed by atoms with E-state index in [1.807, 2.05) is 6.07 Å². The zero-order chi connectivity index (χ0) is 13.5. The average molecular weight is 259 g/mol. The molecular formula is C16H25N3. The quantitative estimate of drug-likeness (QED) is 0.663. The highest BCUT2D eigenvalue weighted by Crippen LogP contribution is 2.13. The number of guanidine groups is 1. The summed E-state index contributed by atoms with van der Waals surface area (Å²) < 4.78 is 0. The monoisotopic (exact) mass is 259 g/mol. The Bertz CT molecular complexity index is 392. The maximum absolute atomic E-state index is 4.77. The molecule has 1 aliphatic heterocycles. The van der Waals surface area contributed by atoms with E-state index in [0.29, 0.717) is 5.92 Å². The molecule has 1 aromatic rings. The van der Waals surface area contributed by atoms with Crippen LogP contribution in [0.2, 0.25) is 0 Å². The van der Waals surface area contributed by atoms with Crippen molar-refractivity contribution in [2.45, 2.75) is 33.1 Å². The standard InChI is InChI=1S/C16H25N3/c1-14(2)13-17-16(19-11-7-4-8-12-19)18-15-9-5-3-6-10-15/h3,5-6,9-10,14H,4,7-8,11-13H2,1-2H3,(H,17,18). The van der Waals surface area contributed by atoms with Gasteiger partial charge in [0, 0.05) is 25.3 Å². The molecule has 0 saturated carbocycles. The van der Waals surface area contributed by atoms with Crippen molar-refractivity contribution in [3.8, 4) is 0 Å². The van der Waals surface area contributed by atoms with E-state index in [-0.39, 0.29) is 0 Å². The second kappa shape index (κ2) is 7.17. The number of anilines is 1. The Morgan fingerprint density at radius 3 is 2.47 bits per heavy atom. The van der Waals surface area contributed by atoms with Crippen molar-refractivity contribution in [1.82, 2.24) is 4.90 Å². The lowest BCUT2D eigenvalue weighted by atomic mass is 10.1. The molecule has 0 aliphatic carbocycles. The van der Waals surface area contributed by atoms with E-state index in [0.717, 1.165) is 31.3 Å². The average Bonchev–Trinajstić information content (AvgIpc) is 2.45. The molecule has 1 aliphatic rings. The van der Waals surface area contributed by atoms with Gasteiger partial charge in [0.1, 0.15) is 0 Å². The molecule has 0 unspecified atom stereocenters. The smallest absolute Gasteiger partial charge is 0.198 e. The van der Waals surface area contributed by atoms with E-state index >= 15 is 0 Å². The van der Waals surface area contributed by atoms with Crippen LogP contribution in [0.3, 0.4) is 0 Å². The minimum atomic E-state index is 0.595. The number of nitrogens with one attached hydrogen (secondary N) is 1. The van der Waals surface area contributed by atoms with E-state index in [1.54, 1.807) is 0 Å². The van der Waals surface area contributed by atoms with Crippen LogP contribution in [0.5, 0.6) is 0 Å². The normalized spacial score (nSPS) is 16.8. The highest BCUT2D eigenvalue weighted by Gasteiger charge is 2.14. The minimum Gasteiger partial charge on any atom is -0.343 e. The first kappa shape index (κ1) is 13.9. The van der Waals surface area contributed by atoms with Crippen LogP contribution >= 0.6 is 0 Å². The first-order valence-electron chi connectivity index (χ1n) is 7.37. The van der Waals surface area contributed by atoms with Gasteiger partial charge in [-0.1, -0.05) is 32.0 Å². The second-order valence-electron chi connectivity index (χ2n) is 5.60. The Balaban J connectivity index is 2.07. The van der Waals surface area contributed by atoms with Crippen molar-refractivity contribution < 1.29 is 0 Å². The predicted molar refractivity (Wildman–Crippen MR) is 82.6 cm³/mol. The topological polar surface area (TPSA) is 27.6 Å². The van der Waals surface area contributed by atoms with Crippen LogP contribution in [0.4, 0.5) is 5.69 Å². The number of aliphatic imine (C=N–C) groups is 1. The Kier molecular flexibility index (Phi) is 5.25. The first-order valence-corrected chi connectivity index (χ1v) is 7.37. The highest BCUT2D eigenvalue weighted by atomic mass is 15.3. The molecule has 3 heteroatoms. The summed E-state index contributed by atoms with van der Waals surface area (Å²) in [6.45, 7) is 7.54. The van der Waals surface area contributed by atoms with E-state index < -0.39 is 0 Å². The van der Waals surface area contributed by atoms with Gasteiger partial charge in [0.25, 0.3) is 0 Å². The molecule has 1 fully saturated rings. The Morgan fingerprint density at radius 1 is 1.16 bits per heavy atom. The number of hydrogen-bond donors (Lipinski definition) is 1. The molecule has 0 amide bonds. The third-order valence-corrected chi connectivity index (χ3v) is 3.29. The van der Waals surface area contributed by atoms with Crippen LogP contribution < -0.4 is 5.32 Å². The maximum atomic E-state index is 4.77. The molecule has 1 N–H and O–H groups in total. The van der Waals surface area contributed by atoms with E-state index in [4.69, 9.17) is 4.99 Å². The van der Waals surface area contributed by atoms with E-state index in [9.17, 15) is 0 Å². The number of para-hydroxylation sites is 1. The van der Waals surface area contributed by atoms with Crippen LogP contribution in [0.15, 0.2) is 35.3 Å². The molecule has 1 aromatic carbocycles. The lowest BCUT2D eigenvalue weighted by Gasteiger charge is -2.30. The van der Waals surface area contributed by atoms with Gasteiger partial charge in [-0.2, -0.15) is 0 Å². The van der Waals surface area contributed by atoms with Gasteiger partial charge in [-0.15, -0.1) is 0 Å². The van der Waals surface area contributed by atoms with Crippen LogP contribution in [-0.2, 0) is 0 Å². The number of likely N-dealkylation sites (tertiary alicyclic amines) is 1. The highest BCUT2D eigenvalue weighted by molar-refractivity contribution is 5.93. The SMILES string of the molecule is CC(C)CN=C(Nc1ccccc1)N1CCCCC1. The van der Waals surface area contributed by atoms with Gasteiger partial charge in [-0.3, -0.25) is 4.99 Å². The molecule has 104 valence electrons. The number of nitrogens with zero attached hydrogens (tertiary/aromatic N) is 2. The second-order valence-corrected chi connectivity index (χ2v) is 5.60. The van der Waals surface area contributed by atoms with Gasteiger partial charge < -0.3 is 10.2 Å². The number of hydrogen-bond acceptors (Lipinski definition) is 1. The van der Waals surface area contributed by atoms with Crippen LogP contribution in [-0.4, -0.2) is 30.5 Å². The fourth-order valence-electron chi connectivity index (χ4n) is 2.24. The third-order valence-electron chi connectivity index (χ3n) is 3.29. The summed E-state index contributed by atoms with van der Waals surface area (Å²) >= 11 is 0. The molecule has 0 radical (unpaired) electrons. The molecule has 2 rings (SSSR count). The van der Waals surface area contributed by atoms with Crippen molar-refractivity contribution in [1.29, 1.82) is 0 Å². The number of piperidine rings is 1. The van der Waals surface area contributed by atoms with Gasteiger partial charge in [0.2, 0.25) is 0 Å². The summed E-state index contributed by atoms with van der Waals surface area (Å²) in [5, 5.41) is 3.48. The predicted octanol–water partition coefficient (Wildman–Crippen LogP) is 3.60. The zero-order valence-electron chi connectivity index (χ0n) is 12.1. The van der Waals surface area contributed by atoms with Gasteiger partial charge in [-0.25, -0.2) is 0 Å². The van der Waals surface area contributed by atoms with Crippen molar-refractivity contribution in [3.05, 3.63) is 30.3 Å². The van der Waals surface area contributed by atoms with Crippen LogP contribution in [0.1, 0.15) is 33.1 Å². The molecule has 1 saturated heterocycles. The molecule has 1 heterocycles. The van der Waals surface area contributed by atoms with Crippen molar-refractivity contribution in [3.63, 3.8) is 0 Å². The van der Waals surface area contributed by atoms with Crippen LogP contribution in [0, 0.1) is 5.92 Å². The largest absolute Gasteiger partial charge is 0.343 e. The lowest BCUT2D eigenvalue weighted by molar-refractivity contribution is 0.340. The minimum absolute atomic E-state index is 0.595. The van der Waals surface area contributed by atoms with Gasteiger partial charge in [0.15, 0.2) is 5.96 Å². The fourth-order valence-corrected chi connectivity index (χ4v) is 2.24. The Hall–Kier alpha value is -1.51. The molecule has 0 aromatic heterocycles. The van der Waals surface area contributed by atoms with Crippen molar-refractivity contribution in [2.75, 3.05) is 25.0 Å². The summed E-state index contributed by atoms with van der Waals surface area (Å²) in [6.07, 6.45) is 3.90. The maximum Gasteiger partial charge on any atom is 0.198 e. The summed E-state index contributed by atoms with van der Waals surface area (Å²) in [7, 11) is 0. The third kappa shape index (κ3) is 4.58. The first-order chi connectivity index (χ1) is 9.25. The molecular weight excluding hydrogens is 234 g/mol. The van der Waals surface area contributed by atoms with Gasteiger partial charge in [0.05, 0.1) is 0 Å². The van der Waals surface area contributed by atoms with Gasteiger partial charge in [-0.05, 0) is 37.3 Å². The summed E-state index contributed by atoms with van der Waals surface area (Å²) in [6, 6.07) is 10.3. The summed E-state index contributed by atoms with van der Waals surface area (Å²) in [5.74, 6) is 1.64. The zero-order valence-corrected chi connectivity index (χ0v) is 12.1. The summed E-state index contributed by atoms with van der Waals surface area (Å²) in [5.41, 5.74) is 1.12. The van der Waals surface area contributed by atoms with Crippen LogP contribution in [0.25, 0.3) is 0 Å². The Labute approximate surface area is 116 Å². The van der Waals surface area contributed by atoms with Gasteiger partial charge >= 0.3 is 0 Å². The molecule has 3 nitrogen and oxygen atoms in total. The lowest BCUT2D eigenvalue weighted by Crippen LogP contribution is -2.40. The summed E-state index contributed by atoms with van der Waals surface area (Å²) in [4.78, 5) is 7.16. The molecule has 0 spiro atoms. The van der Waals surface area contributed by atoms with E-state index in [1.165, 1.54) is 19.3 Å². The molecule has 0 bridgehead atoms. The molecule has 0 atom stereocenters. The number of rotatable bonds is 3. The van der Waals surface area contributed by atoms with Crippen molar-refractivity contribution >= 4 is 11.6 Å². The molecule has 19 heavy (non-hydrogen) atoms.